The molecule has 1 N–H and O–H groups in total. The van der Waals surface area contributed by atoms with Crippen molar-refractivity contribution in [1.29, 1.82) is 0 Å². The van der Waals surface area contributed by atoms with Crippen molar-refractivity contribution in [3.05, 3.63) is 76.1 Å². The van der Waals surface area contributed by atoms with Gasteiger partial charge in [0.05, 0.1) is 12.4 Å². The van der Waals surface area contributed by atoms with Crippen molar-refractivity contribution in [3.63, 3.8) is 0 Å². The number of aliphatic hydroxyl groups is 1. The Kier molecular flexibility index (Phi) is 13.0. The molecule has 1 saturated heterocycles. The summed E-state index contributed by atoms with van der Waals surface area (Å²) in [5.41, 5.74) is 11.1. The molecule has 1 fully saturated rings. The summed E-state index contributed by atoms with van der Waals surface area (Å²) in [7, 11) is 0. The fraction of sp³-hybridized carbons (Fsp3) is 0.407. The molecule has 0 amide bonds. The van der Waals surface area contributed by atoms with Crippen molar-refractivity contribution >= 4 is 17.2 Å². The summed E-state index contributed by atoms with van der Waals surface area (Å²) in [6, 6.07) is 9.20. The minimum atomic E-state index is -0.125. The van der Waals surface area contributed by atoms with E-state index in [2.05, 4.69) is 82.3 Å². The van der Waals surface area contributed by atoms with Gasteiger partial charge in [0.25, 0.3) is 0 Å². The molecule has 1 radical (unpaired) electrons. The minimum absolute atomic E-state index is 0. The van der Waals surface area contributed by atoms with E-state index in [1.54, 1.807) is 0 Å². The molecule has 5 nitrogen and oxygen atoms in total. The van der Waals surface area contributed by atoms with E-state index in [-0.39, 0.29) is 31.0 Å². The van der Waals surface area contributed by atoms with Crippen LogP contribution in [0.5, 0.6) is 0 Å². The van der Waals surface area contributed by atoms with E-state index < -0.39 is 0 Å². The quantitative estimate of drug-likeness (QED) is 0.176. The van der Waals surface area contributed by atoms with E-state index in [1.807, 2.05) is 0 Å². The molecule has 181 valence electrons. The van der Waals surface area contributed by atoms with Crippen molar-refractivity contribution in [3.8, 4) is 0 Å². The summed E-state index contributed by atoms with van der Waals surface area (Å²) < 4.78 is 7.50. The molecule has 0 saturated carbocycles. The van der Waals surface area contributed by atoms with E-state index in [0.29, 0.717) is 0 Å². The Hall–Kier alpha value is -2.39. The van der Waals surface area contributed by atoms with Crippen molar-refractivity contribution < 1.29 is 34.0 Å². The molecule has 2 aromatic rings. The Balaban J connectivity index is 0.000000884. The van der Waals surface area contributed by atoms with Crippen molar-refractivity contribution in [2.45, 2.75) is 55.4 Å². The topological polar surface area (TPSA) is 63.7 Å². The first kappa shape index (κ1) is 30.6. The molecule has 33 heavy (non-hydrogen) atoms. The van der Waals surface area contributed by atoms with Crippen LogP contribution < -0.4 is 9.80 Å². The van der Waals surface area contributed by atoms with Gasteiger partial charge in [0.2, 0.25) is 0 Å². The van der Waals surface area contributed by atoms with Gasteiger partial charge in [0.15, 0.2) is 5.78 Å². The van der Waals surface area contributed by atoms with Gasteiger partial charge in [-0.15, -0.1) is 0 Å². The summed E-state index contributed by atoms with van der Waals surface area (Å²) in [6.07, 6.45) is 1.17. The molecular formula is C27H36N2O3Rh. The van der Waals surface area contributed by atoms with Crippen LogP contribution in [0.2, 0.25) is 0 Å². The van der Waals surface area contributed by atoms with Gasteiger partial charge < -0.3 is 14.9 Å². The first-order valence-electron chi connectivity index (χ1n) is 10.7. The molecule has 0 aromatic heterocycles. The Morgan fingerprint density at radius 1 is 0.818 bits per heavy atom. The van der Waals surface area contributed by atoms with Gasteiger partial charge in [-0.2, -0.15) is 0 Å². The van der Waals surface area contributed by atoms with Gasteiger partial charge >= 0.3 is 11.3 Å². The van der Waals surface area contributed by atoms with Crippen LogP contribution in [0.25, 0.3) is 0 Å². The van der Waals surface area contributed by atoms with E-state index in [4.69, 9.17) is 9.76 Å². The number of rotatable bonds is 3. The summed E-state index contributed by atoms with van der Waals surface area (Å²) in [5.74, 6) is -0.0625. The van der Waals surface area contributed by atoms with Gasteiger partial charge in [0, 0.05) is 50.0 Å². The predicted octanol–water partition coefficient (Wildman–Crippen LogP) is 5.82. The van der Waals surface area contributed by atoms with Crippen LogP contribution in [0.15, 0.2) is 36.1 Å². The Morgan fingerprint density at radius 3 is 1.33 bits per heavy atom. The van der Waals surface area contributed by atoms with Crippen LogP contribution in [0, 0.1) is 48.2 Å². The number of benzene rings is 2. The summed E-state index contributed by atoms with van der Waals surface area (Å²) >= 11 is 0. The second-order valence-corrected chi connectivity index (χ2v) is 8.56. The smallest absolute Gasteiger partial charge is 0 e. The number of aliphatic hydroxyl groups excluding tert-OH is 1. The summed E-state index contributed by atoms with van der Waals surface area (Å²) in [4.78, 5) is 15.1. The van der Waals surface area contributed by atoms with Gasteiger partial charge in [-0.3, -0.25) is 4.79 Å². The molecule has 0 aliphatic carbocycles. The zero-order chi connectivity index (χ0) is 24.6. The van der Waals surface area contributed by atoms with Crippen molar-refractivity contribution in [1.82, 2.24) is 0 Å². The van der Waals surface area contributed by atoms with Crippen molar-refractivity contribution in [2.75, 3.05) is 29.6 Å². The first-order valence-corrected chi connectivity index (χ1v) is 10.7. The maximum atomic E-state index is 10.0. The third kappa shape index (κ3) is 8.81. The number of aryl methyl sites for hydroxylation is 6. The number of ketones is 1. The fourth-order valence-electron chi connectivity index (χ4n) is 4.59. The third-order valence-corrected chi connectivity index (χ3v) is 5.30. The molecule has 0 atom stereocenters. The number of carbonyl (C=O) groups excluding carboxylic acids is 1. The third-order valence-electron chi connectivity index (χ3n) is 5.30. The molecule has 0 bridgehead atoms. The van der Waals surface area contributed by atoms with Crippen LogP contribution in [-0.2, 0) is 28.9 Å². The van der Waals surface area contributed by atoms with Crippen LogP contribution in [-0.4, -0.2) is 30.6 Å². The zero-order valence-electron chi connectivity index (χ0n) is 21.0. The van der Waals surface area contributed by atoms with Gasteiger partial charge in [0.1, 0.15) is 0 Å². The monoisotopic (exact) mass is 539 g/mol. The van der Waals surface area contributed by atoms with E-state index in [1.165, 1.54) is 64.7 Å². The van der Waals surface area contributed by atoms with E-state index >= 15 is 0 Å². The maximum Gasteiger partial charge on any atom is 0 e. The number of allylic oxidation sites excluding steroid dienone is 2. The number of nitrogens with zero attached hydrogens (tertiary/aromatic N) is 2. The first-order chi connectivity index (χ1) is 15.0. The molecular weight excluding hydrogens is 503 g/mol. The minimum Gasteiger partial charge on any atom is 0 e. The number of hydrogen-bond acceptors (Lipinski definition) is 4. The average Bonchev–Trinajstić information content (AvgIpc) is 3.10. The second-order valence-electron chi connectivity index (χ2n) is 8.56. The summed E-state index contributed by atoms with van der Waals surface area (Å²) in [6.45, 7) is 23.8. The van der Waals surface area contributed by atoms with E-state index in [0.717, 1.165) is 19.8 Å². The van der Waals surface area contributed by atoms with Crippen molar-refractivity contribution in [2.24, 2.45) is 0 Å². The molecule has 3 rings (SSSR count). The molecule has 6 heteroatoms. The number of anilines is 2. The standard InChI is InChI=1S/C21H28N2.C5H8O2.CO.Rh/c1-14-9-16(3)20(17(4)10-14)22-7-8-23(13-22)21-18(5)11-15(2)12-19(21)6;1-4(6)3-5(2)7;1-2;/h9-12H,7-8,13H2,1-6H3;3,6H,1-2H3;;/b;4-3-;;. The molecule has 2 aromatic carbocycles. The molecule has 0 unspecified atom stereocenters. The van der Waals surface area contributed by atoms with E-state index in [9.17, 15) is 4.79 Å². The molecule has 1 aliphatic rings. The largest absolute Gasteiger partial charge is 0 e. The normalized spacial score (nSPS) is 12.7. The second kappa shape index (κ2) is 14.0. The predicted molar refractivity (Wildman–Crippen MR) is 132 cm³/mol. The van der Waals surface area contributed by atoms with Crippen LogP contribution >= 0.6 is 0 Å². The number of carbonyl (C=O) groups is 1. The average molecular weight is 540 g/mol. The van der Waals surface area contributed by atoms with Gasteiger partial charge in [-0.25, -0.2) is 0 Å². The number of hydrogen-bond donors (Lipinski definition) is 1. The van der Waals surface area contributed by atoms with Crippen LogP contribution in [0.4, 0.5) is 11.4 Å². The van der Waals surface area contributed by atoms with Crippen LogP contribution in [0.1, 0.15) is 47.2 Å². The Morgan fingerprint density at radius 2 is 1.12 bits per heavy atom. The SMILES string of the molecule is CC(=O)/C=C(/C)O.Cc1cc(C)c(N2CCN(c3c(C)cc(C)cc3C)C2)c(C)c1.[C-]#[O+].[Rh]. The van der Waals surface area contributed by atoms with Crippen LogP contribution in [0.3, 0.4) is 0 Å². The van der Waals surface area contributed by atoms with Gasteiger partial charge in [-0.05, 0) is 77.6 Å². The fourth-order valence-corrected chi connectivity index (χ4v) is 4.59. The molecule has 1 aliphatic heterocycles. The summed E-state index contributed by atoms with van der Waals surface area (Å²) in [5, 5.41) is 8.36. The molecule has 1 heterocycles. The molecule has 0 spiro atoms. The van der Waals surface area contributed by atoms with Gasteiger partial charge in [-0.1, -0.05) is 35.4 Å². The Labute approximate surface area is 212 Å². The zero-order valence-corrected chi connectivity index (χ0v) is 22.6. The maximum absolute atomic E-state index is 10.0. The Bertz CT molecular complexity index is 898.